The molecule has 2 aromatic rings. The molecule has 0 radical (unpaired) electrons. The van der Waals surface area contributed by atoms with Gasteiger partial charge in [-0.2, -0.15) is 5.10 Å². The van der Waals surface area contributed by atoms with E-state index in [-0.39, 0.29) is 10.6 Å². The summed E-state index contributed by atoms with van der Waals surface area (Å²) in [6.07, 6.45) is 6.26. The maximum absolute atomic E-state index is 11.1. The molecule has 0 fully saturated rings. The number of aromatic nitrogens is 4. The molecule has 0 aliphatic carbocycles. The summed E-state index contributed by atoms with van der Waals surface area (Å²) in [5, 5.41) is 15.3. The lowest BCUT2D eigenvalue weighted by atomic mass is 10.3. The van der Waals surface area contributed by atoms with Gasteiger partial charge >= 0.3 is 5.69 Å². The van der Waals surface area contributed by atoms with Gasteiger partial charge in [0.25, 0.3) is 0 Å². The number of hydrogen-bond donors (Lipinski definition) is 0. The van der Waals surface area contributed by atoms with E-state index in [2.05, 4.69) is 10.1 Å². The topological polar surface area (TPSA) is 82.0 Å². The van der Waals surface area contributed by atoms with Gasteiger partial charge in [-0.15, -0.1) is 0 Å². The summed E-state index contributed by atoms with van der Waals surface area (Å²) in [5.74, 6) is 0.540. The Bertz CT molecular complexity index is 589. The first-order valence-corrected chi connectivity index (χ1v) is 6.35. The minimum atomic E-state index is -0.371. The number of nitro groups is 1. The van der Waals surface area contributed by atoms with Gasteiger partial charge in [-0.3, -0.25) is 10.1 Å². The molecule has 2 rings (SSSR count). The molecule has 0 atom stereocenters. The molecule has 0 aliphatic rings. The largest absolute Gasteiger partial charge is 0.354 e. The molecule has 0 unspecified atom stereocenters. The molecular weight excluding hydrogens is 260 g/mol. The van der Waals surface area contributed by atoms with E-state index in [4.69, 9.17) is 0 Å². The Morgan fingerprint density at radius 1 is 1.50 bits per heavy atom. The lowest BCUT2D eigenvalue weighted by molar-refractivity contribution is -0.384. The van der Waals surface area contributed by atoms with Crippen molar-refractivity contribution in [1.29, 1.82) is 0 Å². The van der Waals surface area contributed by atoms with Crippen LogP contribution in [0.1, 0.15) is 12.1 Å². The Morgan fingerprint density at radius 3 is 2.85 bits per heavy atom. The Kier molecular flexibility index (Phi) is 4.02. The average Bonchev–Trinajstić information content (AvgIpc) is 2.96. The molecule has 0 aliphatic heterocycles. The number of aryl methyl sites for hydroxylation is 3. The number of imidazole rings is 1. The zero-order chi connectivity index (χ0) is 14.7. The second-order valence-corrected chi connectivity index (χ2v) is 4.71. The number of hydrogen-bond acceptors (Lipinski definition) is 5. The van der Waals surface area contributed by atoms with Gasteiger partial charge in [-0.25, -0.2) is 9.67 Å². The van der Waals surface area contributed by atoms with Crippen LogP contribution in [0, 0.1) is 17.0 Å². The minimum absolute atomic E-state index is 0.0811. The van der Waals surface area contributed by atoms with Crippen molar-refractivity contribution in [3.8, 4) is 0 Å². The van der Waals surface area contributed by atoms with Crippen LogP contribution in [-0.2, 0) is 13.6 Å². The zero-order valence-corrected chi connectivity index (χ0v) is 11.9. The standard InChI is InChI=1S/C12H18N6O2/c1-10-11(18(19)20)12(16(3)14-10)15(2)6-4-7-17-8-5-13-9-17/h5,8-9H,4,6-7H2,1-3H3. The predicted molar refractivity (Wildman–Crippen MR) is 74.7 cm³/mol. The summed E-state index contributed by atoms with van der Waals surface area (Å²) in [7, 11) is 3.57. The molecule has 0 amide bonds. The van der Waals surface area contributed by atoms with Gasteiger partial charge in [0.15, 0.2) is 0 Å². The van der Waals surface area contributed by atoms with E-state index in [1.807, 2.05) is 22.7 Å². The van der Waals surface area contributed by atoms with Gasteiger partial charge < -0.3 is 9.47 Å². The van der Waals surface area contributed by atoms with Crippen LogP contribution in [0.4, 0.5) is 11.5 Å². The van der Waals surface area contributed by atoms with E-state index >= 15 is 0 Å². The molecule has 0 bridgehead atoms. The van der Waals surface area contributed by atoms with Crippen molar-refractivity contribution >= 4 is 11.5 Å². The van der Waals surface area contributed by atoms with E-state index in [0.29, 0.717) is 18.1 Å². The van der Waals surface area contributed by atoms with Crippen molar-refractivity contribution in [2.75, 3.05) is 18.5 Å². The molecule has 8 nitrogen and oxygen atoms in total. The lowest BCUT2D eigenvalue weighted by Gasteiger charge is -2.18. The predicted octanol–water partition coefficient (Wildman–Crippen LogP) is 1.36. The smallest absolute Gasteiger partial charge is 0.333 e. The van der Waals surface area contributed by atoms with Crippen molar-refractivity contribution in [3.63, 3.8) is 0 Å². The normalized spacial score (nSPS) is 10.8. The average molecular weight is 278 g/mol. The minimum Gasteiger partial charge on any atom is -0.354 e. The van der Waals surface area contributed by atoms with Crippen LogP contribution in [-0.4, -0.2) is 37.8 Å². The second-order valence-electron chi connectivity index (χ2n) is 4.71. The van der Waals surface area contributed by atoms with Crippen LogP contribution in [0.2, 0.25) is 0 Å². The van der Waals surface area contributed by atoms with Crippen LogP contribution < -0.4 is 4.90 Å². The van der Waals surface area contributed by atoms with Gasteiger partial charge in [0.05, 0.1) is 11.3 Å². The summed E-state index contributed by atoms with van der Waals surface area (Å²) in [6.45, 7) is 3.19. The molecule has 0 saturated heterocycles. The van der Waals surface area contributed by atoms with Gasteiger partial charge in [-0.05, 0) is 13.3 Å². The third-order valence-corrected chi connectivity index (χ3v) is 3.17. The Labute approximate surface area is 116 Å². The third kappa shape index (κ3) is 2.79. The molecule has 0 N–H and O–H groups in total. The maximum atomic E-state index is 11.1. The van der Waals surface area contributed by atoms with E-state index < -0.39 is 0 Å². The highest BCUT2D eigenvalue weighted by atomic mass is 16.6. The van der Waals surface area contributed by atoms with Gasteiger partial charge in [0.1, 0.15) is 5.69 Å². The van der Waals surface area contributed by atoms with Crippen molar-refractivity contribution in [2.45, 2.75) is 19.9 Å². The highest BCUT2D eigenvalue weighted by molar-refractivity contribution is 5.60. The van der Waals surface area contributed by atoms with Crippen molar-refractivity contribution in [2.24, 2.45) is 7.05 Å². The fraction of sp³-hybridized carbons (Fsp3) is 0.500. The Balaban J connectivity index is 2.05. The zero-order valence-electron chi connectivity index (χ0n) is 11.9. The number of rotatable bonds is 6. The van der Waals surface area contributed by atoms with Crippen LogP contribution in [0.25, 0.3) is 0 Å². The lowest BCUT2D eigenvalue weighted by Crippen LogP contribution is -2.23. The van der Waals surface area contributed by atoms with Crippen LogP contribution in [0.5, 0.6) is 0 Å². The van der Waals surface area contributed by atoms with Crippen LogP contribution in [0.15, 0.2) is 18.7 Å². The molecule has 108 valence electrons. The fourth-order valence-corrected chi connectivity index (χ4v) is 2.29. The summed E-state index contributed by atoms with van der Waals surface area (Å²) in [4.78, 5) is 16.6. The summed E-state index contributed by atoms with van der Waals surface area (Å²) < 4.78 is 3.54. The van der Waals surface area contributed by atoms with E-state index in [9.17, 15) is 10.1 Å². The highest BCUT2D eigenvalue weighted by Crippen LogP contribution is 2.29. The van der Waals surface area contributed by atoms with Gasteiger partial charge in [0, 0.05) is 39.6 Å². The highest BCUT2D eigenvalue weighted by Gasteiger charge is 2.26. The van der Waals surface area contributed by atoms with Gasteiger partial charge in [-0.1, -0.05) is 0 Å². The van der Waals surface area contributed by atoms with Gasteiger partial charge in [0.2, 0.25) is 5.82 Å². The molecule has 0 saturated carbocycles. The first-order valence-electron chi connectivity index (χ1n) is 6.35. The monoisotopic (exact) mass is 278 g/mol. The van der Waals surface area contributed by atoms with Crippen molar-refractivity contribution in [1.82, 2.24) is 19.3 Å². The molecule has 2 heterocycles. The molecule has 2 aromatic heterocycles. The third-order valence-electron chi connectivity index (χ3n) is 3.17. The first-order chi connectivity index (χ1) is 9.50. The van der Waals surface area contributed by atoms with E-state index in [1.54, 1.807) is 31.2 Å². The van der Waals surface area contributed by atoms with Crippen LogP contribution in [0.3, 0.4) is 0 Å². The maximum Gasteiger partial charge on any atom is 0.333 e. The molecular formula is C12H18N6O2. The summed E-state index contributed by atoms with van der Waals surface area (Å²) >= 11 is 0. The molecule has 0 spiro atoms. The quantitative estimate of drug-likeness (QED) is 0.588. The Morgan fingerprint density at radius 2 is 2.25 bits per heavy atom. The molecule has 0 aromatic carbocycles. The first kappa shape index (κ1) is 14.0. The van der Waals surface area contributed by atoms with Crippen molar-refractivity contribution in [3.05, 3.63) is 34.5 Å². The number of anilines is 1. The Hall–Kier alpha value is -2.38. The SMILES string of the molecule is Cc1nn(C)c(N(C)CCCn2ccnc2)c1[N+](=O)[O-]. The van der Waals surface area contributed by atoms with E-state index in [1.165, 1.54) is 0 Å². The molecule has 8 heteroatoms. The van der Waals surface area contributed by atoms with Crippen LogP contribution >= 0.6 is 0 Å². The van der Waals surface area contributed by atoms with E-state index in [0.717, 1.165) is 13.0 Å². The summed E-state index contributed by atoms with van der Waals surface area (Å²) in [5.41, 5.74) is 0.520. The second kappa shape index (κ2) is 5.72. The molecule has 20 heavy (non-hydrogen) atoms. The van der Waals surface area contributed by atoms with Crippen molar-refractivity contribution < 1.29 is 4.92 Å². The fourth-order valence-electron chi connectivity index (χ4n) is 2.29. The number of nitrogens with zero attached hydrogens (tertiary/aromatic N) is 6. The summed E-state index contributed by atoms with van der Waals surface area (Å²) in [6, 6.07) is 0.